The van der Waals surface area contributed by atoms with E-state index in [2.05, 4.69) is 0 Å². The van der Waals surface area contributed by atoms with E-state index >= 15 is 0 Å². The molecule has 2 amide bonds. The molecule has 0 N–H and O–H groups in total. The highest BCUT2D eigenvalue weighted by atomic mass is 32.2. The number of carbonyl (C=O) groups excluding carboxylic acids is 2. The molecule has 34 heavy (non-hydrogen) atoms. The zero-order valence-electron chi connectivity index (χ0n) is 17.1. The van der Waals surface area contributed by atoms with E-state index in [0.717, 1.165) is 35.2 Å². The van der Waals surface area contributed by atoms with Crippen LogP contribution in [-0.4, -0.2) is 26.0 Å². The highest BCUT2D eigenvalue weighted by Gasteiger charge is 2.69. The van der Waals surface area contributed by atoms with Gasteiger partial charge >= 0.3 is 0 Å². The number of amides is 2. The molecule has 6 nitrogen and oxygen atoms in total. The number of hydrogen-bond donors (Lipinski definition) is 0. The van der Waals surface area contributed by atoms with Crippen molar-refractivity contribution >= 4 is 33.0 Å². The van der Waals surface area contributed by atoms with Gasteiger partial charge in [-0.2, -0.15) is 0 Å². The second-order valence-corrected chi connectivity index (χ2v) is 10.0. The third-order valence-electron chi connectivity index (χ3n) is 5.89. The van der Waals surface area contributed by atoms with Crippen molar-refractivity contribution in [3.05, 3.63) is 95.1 Å². The molecule has 1 fully saturated rings. The summed E-state index contributed by atoms with van der Waals surface area (Å²) in [7, 11) is -4.62. The Morgan fingerprint density at radius 3 is 2.18 bits per heavy atom. The number of benzene rings is 3. The van der Waals surface area contributed by atoms with Gasteiger partial charge in [-0.05, 0) is 48.0 Å². The van der Waals surface area contributed by atoms with Crippen molar-refractivity contribution in [2.45, 2.75) is 11.4 Å². The number of nitrogens with zero attached hydrogens (tertiary/aromatic N) is 2. The normalized spacial score (nSPS) is 20.9. The Hall–Kier alpha value is -3.73. The minimum absolute atomic E-state index is 0.0154. The first kappa shape index (κ1) is 22.1. The summed E-state index contributed by atoms with van der Waals surface area (Å²) in [5.74, 6) is -7.24. The lowest BCUT2D eigenvalue weighted by Gasteiger charge is -2.32. The summed E-state index contributed by atoms with van der Waals surface area (Å²) in [4.78, 5) is 25.7. The number of anilines is 2. The monoisotopic (exact) mass is 490 g/mol. The number of carbonyl (C=O) groups is 2. The summed E-state index contributed by atoms with van der Waals surface area (Å²) >= 11 is 0. The van der Waals surface area contributed by atoms with Crippen molar-refractivity contribution in [2.75, 3.05) is 15.6 Å². The van der Waals surface area contributed by atoms with Gasteiger partial charge < -0.3 is 4.90 Å². The quantitative estimate of drug-likeness (QED) is 0.528. The molecule has 2 heterocycles. The first-order valence-corrected chi connectivity index (χ1v) is 11.6. The molecule has 174 valence electrons. The molecule has 0 aromatic heterocycles. The maximum atomic E-state index is 14.3. The highest BCUT2D eigenvalue weighted by molar-refractivity contribution is 7.94. The van der Waals surface area contributed by atoms with Crippen molar-refractivity contribution in [1.29, 1.82) is 0 Å². The molecular formula is C23H14F4N2O4S. The van der Waals surface area contributed by atoms with E-state index in [9.17, 15) is 35.6 Å². The van der Waals surface area contributed by atoms with Gasteiger partial charge in [-0.1, -0.05) is 12.1 Å². The van der Waals surface area contributed by atoms with Crippen LogP contribution >= 0.6 is 0 Å². The van der Waals surface area contributed by atoms with E-state index in [4.69, 9.17) is 0 Å². The Morgan fingerprint density at radius 1 is 0.824 bits per heavy atom. The van der Waals surface area contributed by atoms with Crippen molar-refractivity contribution in [2.24, 2.45) is 0 Å². The fraction of sp³-hybridized carbons (Fsp3) is 0.130. The minimum Gasteiger partial charge on any atom is -0.304 e. The van der Waals surface area contributed by atoms with Gasteiger partial charge in [0.05, 0.1) is 12.2 Å². The Morgan fingerprint density at radius 2 is 1.50 bits per heavy atom. The zero-order valence-corrected chi connectivity index (χ0v) is 18.0. The van der Waals surface area contributed by atoms with Crippen LogP contribution in [0.1, 0.15) is 11.1 Å². The molecule has 3 aromatic carbocycles. The molecule has 1 unspecified atom stereocenters. The largest absolute Gasteiger partial charge is 0.304 e. The SMILES string of the molecule is O=C1CS(=O)(=O)C2(C(=O)N(Cc3ccc(F)cc3)c3ccc(F)cc32)N1c1ccc(F)c(F)c1. The van der Waals surface area contributed by atoms with E-state index in [1.165, 1.54) is 18.2 Å². The lowest BCUT2D eigenvalue weighted by Crippen LogP contribution is -2.54. The Balaban J connectivity index is 1.76. The van der Waals surface area contributed by atoms with Crippen molar-refractivity contribution in [3.63, 3.8) is 0 Å². The van der Waals surface area contributed by atoms with Crippen LogP contribution in [-0.2, 0) is 30.8 Å². The van der Waals surface area contributed by atoms with Crippen LogP contribution in [0.2, 0.25) is 0 Å². The molecule has 1 atom stereocenters. The van der Waals surface area contributed by atoms with Crippen LogP contribution in [0.5, 0.6) is 0 Å². The third kappa shape index (κ3) is 2.96. The van der Waals surface area contributed by atoms with Crippen LogP contribution < -0.4 is 9.80 Å². The molecule has 11 heteroatoms. The summed E-state index contributed by atoms with van der Waals surface area (Å²) < 4.78 is 82.1. The molecule has 0 radical (unpaired) electrons. The first-order chi connectivity index (χ1) is 16.1. The standard InChI is InChI=1S/C23H14F4N2O4S/c24-14-3-1-13(2-4-14)11-28-20-8-5-15(25)9-17(20)23(22(28)31)29(21(30)12-34(23,32)33)16-6-7-18(26)19(27)10-16/h1-10H,11-12H2. The maximum absolute atomic E-state index is 14.3. The smallest absolute Gasteiger partial charge is 0.274 e. The third-order valence-corrected chi connectivity index (χ3v) is 8.00. The predicted molar refractivity (Wildman–Crippen MR) is 113 cm³/mol. The van der Waals surface area contributed by atoms with Crippen molar-refractivity contribution < 1.29 is 35.6 Å². The van der Waals surface area contributed by atoms with Gasteiger partial charge in [0.2, 0.25) is 5.91 Å². The van der Waals surface area contributed by atoms with Crippen LogP contribution in [0, 0.1) is 23.3 Å². The van der Waals surface area contributed by atoms with E-state index in [1.807, 2.05) is 0 Å². The molecule has 2 aliphatic rings. The van der Waals surface area contributed by atoms with Crippen LogP contribution in [0.4, 0.5) is 28.9 Å². The van der Waals surface area contributed by atoms with Crippen molar-refractivity contribution in [1.82, 2.24) is 0 Å². The fourth-order valence-electron chi connectivity index (χ4n) is 4.46. The van der Waals surface area contributed by atoms with E-state index in [0.29, 0.717) is 22.6 Å². The summed E-state index contributed by atoms with van der Waals surface area (Å²) in [6.07, 6.45) is 0. The van der Waals surface area contributed by atoms with Gasteiger partial charge in [0.1, 0.15) is 17.4 Å². The second kappa shape index (κ2) is 7.39. The molecule has 2 aliphatic heterocycles. The number of sulfone groups is 1. The molecule has 1 saturated heterocycles. The lowest BCUT2D eigenvalue weighted by molar-refractivity contribution is -0.123. The Kier molecular flexibility index (Phi) is 4.80. The highest BCUT2D eigenvalue weighted by Crippen LogP contribution is 2.53. The molecule has 0 bridgehead atoms. The lowest BCUT2D eigenvalue weighted by atomic mass is 10.0. The van der Waals surface area contributed by atoms with Gasteiger partial charge in [0.25, 0.3) is 10.8 Å². The number of halogens is 4. The van der Waals surface area contributed by atoms with Gasteiger partial charge in [-0.25, -0.2) is 26.0 Å². The van der Waals surface area contributed by atoms with E-state index < -0.39 is 55.5 Å². The second-order valence-electron chi connectivity index (χ2n) is 7.91. The fourth-order valence-corrected chi connectivity index (χ4v) is 6.49. The molecule has 5 rings (SSSR count). The maximum Gasteiger partial charge on any atom is 0.274 e. The van der Waals surface area contributed by atoms with Crippen LogP contribution in [0.25, 0.3) is 0 Å². The summed E-state index contributed by atoms with van der Waals surface area (Å²) in [6, 6.07) is 10.4. The summed E-state index contributed by atoms with van der Waals surface area (Å²) in [5, 5.41) is 0. The van der Waals surface area contributed by atoms with Gasteiger partial charge in [-0.15, -0.1) is 0 Å². The minimum atomic E-state index is -4.62. The topological polar surface area (TPSA) is 74.8 Å². The van der Waals surface area contributed by atoms with E-state index in [1.54, 1.807) is 0 Å². The Labute approximate surface area is 190 Å². The van der Waals surface area contributed by atoms with Gasteiger partial charge in [0.15, 0.2) is 21.5 Å². The zero-order chi connectivity index (χ0) is 24.4. The number of fused-ring (bicyclic) bond motifs is 2. The van der Waals surface area contributed by atoms with Crippen LogP contribution in [0.15, 0.2) is 60.7 Å². The average molecular weight is 490 g/mol. The van der Waals surface area contributed by atoms with Crippen molar-refractivity contribution in [3.8, 4) is 0 Å². The molecular weight excluding hydrogens is 476 g/mol. The number of hydrogen-bond acceptors (Lipinski definition) is 4. The van der Waals surface area contributed by atoms with E-state index in [-0.39, 0.29) is 23.5 Å². The predicted octanol–water partition coefficient (Wildman–Crippen LogP) is 3.40. The van der Waals surface area contributed by atoms with Gasteiger partial charge in [-0.3, -0.25) is 14.5 Å². The number of rotatable bonds is 3. The van der Waals surface area contributed by atoms with Crippen LogP contribution in [0.3, 0.4) is 0 Å². The molecule has 0 saturated carbocycles. The average Bonchev–Trinajstić information content (AvgIpc) is 3.14. The molecule has 1 spiro atoms. The Bertz CT molecular complexity index is 1480. The summed E-state index contributed by atoms with van der Waals surface area (Å²) in [6.45, 7) is -0.213. The van der Waals surface area contributed by atoms with Gasteiger partial charge in [0, 0.05) is 17.3 Å². The molecule has 3 aromatic rings. The summed E-state index contributed by atoms with van der Waals surface area (Å²) in [5.41, 5.74) is -0.253. The first-order valence-electron chi connectivity index (χ1n) is 9.93. The molecule has 0 aliphatic carbocycles.